The third-order valence-electron chi connectivity index (χ3n) is 3.22. The second-order valence-corrected chi connectivity index (χ2v) is 4.73. The molecule has 2 aromatic carbocycles. The fraction of sp³-hybridized carbons (Fsp3) is 0.125. The fourth-order valence-corrected chi connectivity index (χ4v) is 2.12. The number of hydrogen-bond donors (Lipinski definition) is 0. The Bertz CT molecular complexity index is 738. The van der Waals surface area contributed by atoms with Gasteiger partial charge in [-0.1, -0.05) is 23.4 Å². The van der Waals surface area contributed by atoms with Crippen LogP contribution in [0.5, 0.6) is 0 Å². The minimum Gasteiger partial charge on any atom is -0.220 e. The molecule has 0 N–H and O–H groups in total. The normalized spacial score (nSPS) is 10.8. The van der Waals surface area contributed by atoms with E-state index in [9.17, 15) is 8.78 Å². The molecule has 0 saturated heterocycles. The van der Waals surface area contributed by atoms with Crippen LogP contribution in [0.1, 0.15) is 11.3 Å². The Balaban J connectivity index is 1.72. The van der Waals surface area contributed by atoms with Crippen molar-refractivity contribution in [1.82, 2.24) is 15.0 Å². The van der Waals surface area contributed by atoms with E-state index in [1.807, 2.05) is 30.3 Å². The Hall–Kier alpha value is -2.56. The van der Waals surface area contributed by atoms with Crippen molar-refractivity contribution in [2.45, 2.75) is 12.8 Å². The van der Waals surface area contributed by atoms with Crippen molar-refractivity contribution in [3.63, 3.8) is 0 Å². The van der Waals surface area contributed by atoms with Crippen LogP contribution in [0.3, 0.4) is 0 Å². The molecule has 0 bridgehead atoms. The molecule has 0 atom stereocenters. The maximum Gasteiger partial charge on any atom is 0.126 e. The fourth-order valence-electron chi connectivity index (χ4n) is 2.12. The zero-order chi connectivity index (χ0) is 14.7. The van der Waals surface area contributed by atoms with Gasteiger partial charge < -0.3 is 0 Å². The molecule has 0 unspecified atom stereocenters. The zero-order valence-corrected chi connectivity index (χ0v) is 11.2. The predicted molar refractivity (Wildman–Crippen MR) is 75.1 cm³/mol. The third kappa shape index (κ3) is 3.13. The predicted octanol–water partition coefficient (Wildman–Crippen LogP) is 3.33. The molecule has 0 fully saturated rings. The van der Waals surface area contributed by atoms with Crippen molar-refractivity contribution in [3.8, 4) is 5.69 Å². The average Bonchev–Trinajstić information content (AvgIpc) is 2.98. The Morgan fingerprint density at radius 1 is 0.952 bits per heavy atom. The highest BCUT2D eigenvalue weighted by molar-refractivity contribution is 5.30. The summed E-state index contributed by atoms with van der Waals surface area (Å²) >= 11 is 0. The van der Waals surface area contributed by atoms with E-state index < -0.39 is 11.6 Å². The highest BCUT2D eigenvalue weighted by atomic mass is 19.1. The first-order chi connectivity index (χ1) is 10.2. The van der Waals surface area contributed by atoms with Crippen molar-refractivity contribution in [1.29, 1.82) is 0 Å². The Kier molecular flexibility index (Phi) is 3.73. The Labute approximate surface area is 120 Å². The van der Waals surface area contributed by atoms with Crippen LogP contribution in [-0.4, -0.2) is 15.0 Å². The van der Waals surface area contributed by atoms with Crippen LogP contribution < -0.4 is 0 Å². The minimum absolute atomic E-state index is 0.351. The van der Waals surface area contributed by atoms with E-state index in [0.717, 1.165) is 23.5 Å². The molecular weight excluding hydrogens is 272 g/mol. The molecular formula is C16H13F2N3. The van der Waals surface area contributed by atoms with E-state index in [2.05, 4.69) is 10.3 Å². The molecule has 1 aromatic heterocycles. The van der Waals surface area contributed by atoms with Gasteiger partial charge in [-0.25, -0.2) is 13.5 Å². The van der Waals surface area contributed by atoms with Crippen molar-refractivity contribution in [2.75, 3.05) is 0 Å². The van der Waals surface area contributed by atoms with Gasteiger partial charge in [0.15, 0.2) is 0 Å². The molecule has 0 aliphatic rings. The summed E-state index contributed by atoms with van der Waals surface area (Å²) in [6.45, 7) is 0. The number of rotatable bonds is 4. The topological polar surface area (TPSA) is 30.7 Å². The molecule has 21 heavy (non-hydrogen) atoms. The first-order valence-corrected chi connectivity index (χ1v) is 6.63. The van der Waals surface area contributed by atoms with Crippen LogP contribution in [0.25, 0.3) is 5.69 Å². The van der Waals surface area contributed by atoms with Gasteiger partial charge in [0.1, 0.15) is 11.6 Å². The van der Waals surface area contributed by atoms with Gasteiger partial charge in [-0.2, -0.15) is 0 Å². The van der Waals surface area contributed by atoms with E-state index in [0.29, 0.717) is 18.4 Å². The molecule has 0 aliphatic carbocycles. The first-order valence-electron chi connectivity index (χ1n) is 6.63. The van der Waals surface area contributed by atoms with Gasteiger partial charge in [0.05, 0.1) is 17.6 Å². The number of hydrogen-bond acceptors (Lipinski definition) is 2. The molecule has 3 aromatic rings. The summed E-state index contributed by atoms with van der Waals surface area (Å²) in [6.07, 6.45) is 2.69. The number of aryl methyl sites for hydroxylation is 2. The lowest BCUT2D eigenvalue weighted by atomic mass is 10.1. The maximum atomic E-state index is 13.5. The number of aromatic nitrogens is 3. The SMILES string of the molecule is Fc1ccc(F)c(CCc2cn(-c3ccccc3)nn2)c1. The molecule has 0 amide bonds. The molecule has 5 heteroatoms. The molecule has 0 aliphatic heterocycles. The van der Waals surface area contributed by atoms with Crippen molar-refractivity contribution in [2.24, 2.45) is 0 Å². The lowest BCUT2D eigenvalue weighted by molar-refractivity contribution is 0.583. The molecule has 1 heterocycles. The Morgan fingerprint density at radius 2 is 1.76 bits per heavy atom. The summed E-state index contributed by atoms with van der Waals surface area (Å²) in [7, 11) is 0. The average molecular weight is 285 g/mol. The first kappa shape index (κ1) is 13.4. The van der Waals surface area contributed by atoms with Gasteiger partial charge in [0.25, 0.3) is 0 Å². The number of para-hydroxylation sites is 1. The highest BCUT2D eigenvalue weighted by Crippen LogP contribution is 2.13. The lowest BCUT2D eigenvalue weighted by Gasteiger charge is -2.01. The zero-order valence-electron chi connectivity index (χ0n) is 11.2. The summed E-state index contributed by atoms with van der Waals surface area (Å²) in [6, 6.07) is 13.1. The molecule has 3 nitrogen and oxygen atoms in total. The van der Waals surface area contributed by atoms with Gasteiger partial charge in [-0.05, 0) is 48.7 Å². The van der Waals surface area contributed by atoms with Crippen LogP contribution in [0.4, 0.5) is 8.78 Å². The molecule has 106 valence electrons. The summed E-state index contributed by atoms with van der Waals surface area (Å²) < 4.78 is 28.3. The standard InChI is InChI=1S/C16H13F2N3/c17-13-7-9-16(18)12(10-13)6-8-14-11-21(20-19-14)15-4-2-1-3-5-15/h1-5,7,9-11H,6,8H2. The number of benzene rings is 2. The van der Waals surface area contributed by atoms with Crippen LogP contribution in [0.2, 0.25) is 0 Å². The lowest BCUT2D eigenvalue weighted by Crippen LogP contribution is -1.96. The van der Waals surface area contributed by atoms with E-state index in [4.69, 9.17) is 0 Å². The van der Waals surface area contributed by atoms with E-state index in [1.165, 1.54) is 6.07 Å². The quantitative estimate of drug-likeness (QED) is 0.736. The second-order valence-electron chi connectivity index (χ2n) is 4.73. The van der Waals surface area contributed by atoms with Gasteiger partial charge >= 0.3 is 0 Å². The summed E-state index contributed by atoms with van der Waals surface area (Å²) in [5.41, 5.74) is 2.00. The van der Waals surface area contributed by atoms with E-state index in [-0.39, 0.29) is 0 Å². The Morgan fingerprint density at radius 3 is 2.57 bits per heavy atom. The molecule has 3 rings (SSSR count). The highest BCUT2D eigenvalue weighted by Gasteiger charge is 2.07. The van der Waals surface area contributed by atoms with Gasteiger partial charge in [0.2, 0.25) is 0 Å². The largest absolute Gasteiger partial charge is 0.220 e. The third-order valence-corrected chi connectivity index (χ3v) is 3.22. The van der Waals surface area contributed by atoms with Crippen LogP contribution in [0, 0.1) is 11.6 Å². The number of nitrogens with zero attached hydrogens (tertiary/aromatic N) is 3. The summed E-state index contributed by atoms with van der Waals surface area (Å²) in [5, 5.41) is 8.09. The maximum absolute atomic E-state index is 13.5. The van der Waals surface area contributed by atoms with E-state index >= 15 is 0 Å². The van der Waals surface area contributed by atoms with Gasteiger partial charge in [-0.15, -0.1) is 5.10 Å². The summed E-state index contributed by atoms with van der Waals surface area (Å²) in [4.78, 5) is 0. The number of halogens is 2. The smallest absolute Gasteiger partial charge is 0.126 e. The van der Waals surface area contributed by atoms with Crippen molar-refractivity contribution in [3.05, 3.63) is 77.6 Å². The van der Waals surface area contributed by atoms with Crippen LogP contribution >= 0.6 is 0 Å². The molecule has 0 spiro atoms. The van der Waals surface area contributed by atoms with Crippen molar-refractivity contribution >= 4 is 0 Å². The van der Waals surface area contributed by atoms with Crippen molar-refractivity contribution < 1.29 is 8.78 Å². The summed E-state index contributed by atoms with van der Waals surface area (Å²) in [5.74, 6) is -0.828. The van der Waals surface area contributed by atoms with E-state index in [1.54, 1.807) is 10.9 Å². The molecule has 0 radical (unpaired) electrons. The van der Waals surface area contributed by atoms with Gasteiger partial charge in [0, 0.05) is 0 Å². The molecule has 0 saturated carbocycles. The minimum atomic E-state index is -0.431. The second kappa shape index (κ2) is 5.83. The monoisotopic (exact) mass is 285 g/mol. The van der Waals surface area contributed by atoms with Gasteiger partial charge in [-0.3, -0.25) is 0 Å². The van der Waals surface area contributed by atoms with Crippen LogP contribution in [0.15, 0.2) is 54.7 Å². The van der Waals surface area contributed by atoms with Crippen LogP contribution in [-0.2, 0) is 12.8 Å².